The zero-order chi connectivity index (χ0) is 17.6. The zero-order valence-corrected chi connectivity index (χ0v) is 13.9. The Morgan fingerprint density at radius 3 is 2.88 bits per heavy atom. The Morgan fingerprint density at radius 1 is 1.24 bits per heavy atom. The molecule has 7 heteroatoms. The van der Waals surface area contributed by atoms with Crippen LogP contribution in [-0.4, -0.2) is 23.0 Å². The van der Waals surface area contributed by atoms with Gasteiger partial charge in [0.25, 0.3) is 5.91 Å². The number of rotatable bonds is 6. The number of nitrogens with zero attached hydrogens (tertiary/aromatic N) is 2. The van der Waals surface area contributed by atoms with E-state index in [0.717, 1.165) is 11.3 Å². The van der Waals surface area contributed by atoms with Crippen molar-refractivity contribution in [2.24, 2.45) is 0 Å². The minimum atomic E-state index is -0.340. The summed E-state index contributed by atoms with van der Waals surface area (Å²) in [6.45, 7) is 2.41. The lowest BCUT2D eigenvalue weighted by molar-refractivity contribution is 0.102. The van der Waals surface area contributed by atoms with Crippen LogP contribution < -0.4 is 15.4 Å². The van der Waals surface area contributed by atoms with E-state index in [0.29, 0.717) is 23.8 Å². The number of benzene rings is 1. The van der Waals surface area contributed by atoms with E-state index in [9.17, 15) is 4.79 Å². The SMILES string of the molecule is COc1ccc(C)cc1NC(=O)c1cc(NCc2ccco2)ncn1. The third-order valence-electron chi connectivity index (χ3n) is 3.53. The molecule has 7 nitrogen and oxygen atoms in total. The van der Waals surface area contributed by atoms with Gasteiger partial charge in [-0.2, -0.15) is 0 Å². The molecule has 0 bridgehead atoms. The fraction of sp³-hybridized carbons (Fsp3) is 0.167. The van der Waals surface area contributed by atoms with E-state index >= 15 is 0 Å². The molecule has 0 radical (unpaired) electrons. The average molecular weight is 338 g/mol. The van der Waals surface area contributed by atoms with E-state index in [1.165, 1.54) is 6.33 Å². The van der Waals surface area contributed by atoms with E-state index < -0.39 is 0 Å². The highest BCUT2D eigenvalue weighted by atomic mass is 16.5. The first-order chi connectivity index (χ1) is 12.2. The number of hydrogen-bond acceptors (Lipinski definition) is 6. The van der Waals surface area contributed by atoms with E-state index in [4.69, 9.17) is 9.15 Å². The first-order valence-corrected chi connectivity index (χ1v) is 7.70. The lowest BCUT2D eigenvalue weighted by Gasteiger charge is -2.11. The van der Waals surface area contributed by atoms with E-state index in [1.54, 1.807) is 25.5 Å². The number of aromatic nitrogens is 2. The molecule has 25 heavy (non-hydrogen) atoms. The van der Waals surface area contributed by atoms with Gasteiger partial charge in [0.15, 0.2) is 0 Å². The molecule has 3 rings (SSSR count). The Labute approximate surface area is 145 Å². The Kier molecular flexibility index (Phi) is 4.94. The number of methoxy groups -OCH3 is 1. The van der Waals surface area contributed by atoms with Gasteiger partial charge in [-0.15, -0.1) is 0 Å². The molecular weight excluding hydrogens is 320 g/mol. The summed E-state index contributed by atoms with van der Waals surface area (Å²) in [5, 5.41) is 5.90. The van der Waals surface area contributed by atoms with Crippen molar-refractivity contribution >= 4 is 17.4 Å². The van der Waals surface area contributed by atoms with Crippen LogP contribution >= 0.6 is 0 Å². The molecule has 0 aliphatic heterocycles. The number of amides is 1. The molecule has 1 aromatic carbocycles. The number of carbonyl (C=O) groups is 1. The summed E-state index contributed by atoms with van der Waals surface area (Å²) in [6, 6.07) is 10.8. The Bertz CT molecular complexity index is 863. The number of nitrogens with one attached hydrogen (secondary N) is 2. The van der Waals surface area contributed by atoms with Gasteiger partial charge in [-0.05, 0) is 36.8 Å². The number of hydrogen-bond donors (Lipinski definition) is 2. The van der Waals surface area contributed by atoms with Gasteiger partial charge < -0.3 is 19.8 Å². The van der Waals surface area contributed by atoms with Crippen molar-refractivity contribution in [3.8, 4) is 5.75 Å². The molecule has 0 spiro atoms. The van der Waals surface area contributed by atoms with Gasteiger partial charge in [0.1, 0.15) is 29.3 Å². The van der Waals surface area contributed by atoms with Gasteiger partial charge in [0.05, 0.1) is 25.6 Å². The minimum Gasteiger partial charge on any atom is -0.495 e. The Morgan fingerprint density at radius 2 is 2.12 bits per heavy atom. The molecule has 0 saturated heterocycles. The van der Waals surface area contributed by atoms with Crippen LogP contribution in [0.3, 0.4) is 0 Å². The Balaban J connectivity index is 1.72. The third-order valence-corrected chi connectivity index (χ3v) is 3.53. The van der Waals surface area contributed by atoms with E-state index in [2.05, 4.69) is 20.6 Å². The van der Waals surface area contributed by atoms with Crippen molar-refractivity contribution in [2.45, 2.75) is 13.5 Å². The fourth-order valence-electron chi connectivity index (χ4n) is 2.27. The fourth-order valence-corrected chi connectivity index (χ4v) is 2.27. The lowest BCUT2D eigenvalue weighted by atomic mass is 10.2. The predicted octanol–water partition coefficient (Wildman–Crippen LogP) is 3.25. The van der Waals surface area contributed by atoms with Crippen molar-refractivity contribution in [1.82, 2.24) is 9.97 Å². The van der Waals surface area contributed by atoms with Crippen molar-refractivity contribution < 1.29 is 13.9 Å². The van der Waals surface area contributed by atoms with Crippen LogP contribution in [-0.2, 0) is 6.54 Å². The second-order valence-corrected chi connectivity index (χ2v) is 5.38. The molecule has 0 aliphatic carbocycles. The van der Waals surface area contributed by atoms with Crippen LogP contribution in [0.2, 0.25) is 0 Å². The summed E-state index contributed by atoms with van der Waals surface area (Å²) in [4.78, 5) is 20.6. The largest absolute Gasteiger partial charge is 0.495 e. The maximum absolute atomic E-state index is 12.5. The molecule has 128 valence electrons. The predicted molar refractivity (Wildman–Crippen MR) is 93.8 cm³/mol. The zero-order valence-electron chi connectivity index (χ0n) is 13.9. The molecule has 3 aromatic rings. The lowest BCUT2D eigenvalue weighted by Crippen LogP contribution is -2.15. The summed E-state index contributed by atoms with van der Waals surface area (Å²) in [5.41, 5.74) is 1.86. The van der Waals surface area contributed by atoms with Gasteiger partial charge in [0, 0.05) is 6.07 Å². The van der Waals surface area contributed by atoms with Crippen LogP contribution in [0.15, 0.2) is 53.4 Å². The van der Waals surface area contributed by atoms with Crippen molar-refractivity contribution in [2.75, 3.05) is 17.7 Å². The molecule has 2 heterocycles. The van der Waals surface area contributed by atoms with Crippen molar-refractivity contribution in [1.29, 1.82) is 0 Å². The number of carbonyl (C=O) groups excluding carboxylic acids is 1. The van der Waals surface area contributed by atoms with Gasteiger partial charge in [-0.25, -0.2) is 9.97 Å². The normalized spacial score (nSPS) is 10.3. The maximum atomic E-state index is 12.5. The van der Waals surface area contributed by atoms with Gasteiger partial charge >= 0.3 is 0 Å². The minimum absolute atomic E-state index is 0.250. The first-order valence-electron chi connectivity index (χ1n) is 7.70. The van der Waals surface area contributed by atoms with Crippen LogP contribution in [0.4, 0.5) is 11.5 Å². The summed E-state index contributed by atoms with van der Waals surface area (Å²) in [7, 11) is 1.56. The van der Waals surface area contributed by atoms with E-state index in [1.807, 2.05) is 31.2 Å². The van der Waals surface area contributed by atoms with Crippen molar-refractivity contribution in [3.63, 3.8) is 0 Å². The van der Waals surface area contributed by atoms with Crippen LogP contribution in [0.25, 0.3) is 0 Å². The highest BCUT2D eigenvalue weighted by molar-refractivity contribution is 6.04. The standard InChI is InChI=1S/C18H18N4O3/c1-12-5-6-16(24-2)14(8-12)22-18(23)15-9-17(21-11-20-15)19-10-13-4-3-7-25-13/h3-9,11H,10H2,1-2H3,(H,22,23)(H,19,20,21). The average Bonchev–Trinajstić information content (AvgIpc) is 3.14. The van der Waals surface area contributed by atoms with Crippen LogP contribution in [0.1, 0.15) is 21.8 Å². The molecule has 0 fully saturated rings. The second kappa shape index (κ2) is 7.48. The van der Waals surface area contributed by atoms with E-state index in [-0.39, 0.29) is 11.6 Å². The highest BCUT2D eigenvalue weighted by Crippen LogP contribution is 2.25. The maximum Gasteiger partial charge on any atom is 0.274 e. The van der Waals surface area contributed by atoms with Crippen LogP contribution in [0, 0.1) is 6.92 Å². The molecule has 0 aliphatic rings. The molecule has 2 aromatic heterocycles. The molecule has 0 saturated carbocycles. The summed E-state index contributed by atoms with van der Waals surface area (Å²) < 4.78 is 10.5. The molecule has 2 N–H and O–H groups in total. The molecular formula is C18H18N4O3. The number of ether oxygens (including phenoxy) is 1. The summed E-state index contributed by atoms with van der Waals surface area (Å²) in [5.74, 6) is 1.55. The van der Waals surface area contributed by atoms with Gasteiger partial charge in [-0.1, -0.05) is 6.07 Å². The monoisotopic (exact) mass is 338 g/mol. The highest BCUT2D eigenvalue weighted by Gasteiger charge is 2.12. The second-order valence-electron chi connectivity index (χ2n) is 5.38. The van der Waals surface area contributed by atoms with Crippen molar-refractivity contribution in [3.05, 3.63) is 66.0 Å². The summed E-state index contributed by atoms with van der Waals surface area (Å²) in [6.07, 6.45) is 2.94. The van der Waals surface area contributed by atoms with Crippen LogP contribution in [0.5, 0.6) is 5.75 Å². The molecule has 0 atom stereocenters. The van der Waals surface area contributed by atoms with Gasteiger partial charge in [0.2, 0.25) is 0 Å². The number of furan rings is 1. The topological polar surface area (TPSA) is 89.3 Å². The first kappa shape index (κ1) is 16.5. The molecule has 1 amide bonds. The summed E-state index contributed by atoms with van der Waals surface area (Å²) >= 11 is 0. The third kappa shape index (κ3) is 4.14. The molecule has 0 unspecified atom stereocenters. The smallest absolute Gasteiger partial charge is 0.274 e. The quantitative estimate of drug-likeness (QED) is 0.717. The van der Waals surface area contributed by atoms with Gasteiger partial charge in [-0.3, -0.25) is 4.79 Å². The Hall–Kier alpha value is -3.35. The number of aryl methyl sites for hydroxylation is 1. The number of anilines is 2.